The van der Waals surface area contributed by atoms with Gasteiger partial charge in [-0.05, 0) is 24.6 Å². The van der Waals surface area contributed by atoms with Crippen LogP contribution < -0.4 is 5.73 Å². The molecule has 21 heavy (non-hydrogen) atoms. The van der Waals surface area contributed by atoms with Crippen molar-refractivity contribution in [3.05, 3.63) is 41.5 Å². The van der Waals surface area contributed by atoms with Crippen LogP contribution in [0.1, 0.15) is 37.1 Å². The average Bonchev–Trinajstić information content (AvgIpc) is 2.88. The number of halogens is 4. The fourth-order valence-corrected chi connectivity index (χ4v) is 1.90. The molecule has 8 heteroatoms. The van der Waals surface area contributed by atoms with Crippen LogP contribution in [0.2, 0.25) is 0 Å². The molecule has 1 atom stereocenters. The molecular formula is C13H14F4N4. The van der Waals surface area contributed by atoms with E-state index in [0.717, 1.165) is 17.2 Å². The standard InChI is InChI=1S/C13H14F4N4/c1-2-3-11(18)12-7-21(20-19-12)8-4-5-10(14)9(6-8)13(15,16)17/h4-7,11H,2-3,18H2,1H3. The van der Waals surface area contributed by atoms with E-state index in [0.29, 0.717) is 18.2 Å². The van der Waals surface area contributed by atoms with Crippen molar-refractivity contribution in [2.45, 2.75) is 32.0 Å². The molecule has 0 bridgehead atoms. The van der Waals surface area contributed by atoms with Crippen LogP contribution in [-0.4, -0.2) is 15.0 Å². The largest absolute Gasteiger partial charge is 0.419 e. The Morgan fingerprint density at radius 2 is 2.05 bits per heavy atom. The van der Waals surface area contributed by atoms with E-state index in [9.17, 15) is 17.6 Å². The second-order valence-electron chi connectivity index (χ2n) is 4.65. The van der Waals surface area contributed by atoms with Crippen molar-refractivity contribution in [3.63, 3.8) is 0 Å². The van der Waals surface area contributed by atoms with Gasteiger partial charge in [-0.1, -0.05) is 18.6 Å². The Bertz CT molecular complexity index is 621. The Morgan fingerprint density at radius 1 is 1.33 bits per heavy atom. The minimum Gasteiger partial charge on any atom is -0.323 e. The number of aromatic nitrogens is 3. The number of hydrogen-bond donors (Lipinski definition) is 1. The van der Waals surface area contributed by atoms with Gasteiger partial charge in [-0.3, -0.25) is 0 Å². The molecule has 0 aliphatic heterocycles. The number of nitrogens with two attached hydrogens (primary N) is 1. The monoisotopic (exact) mass is 302 g/mol. The number of rotatable bonds is 4. The third-order valence-corrected chi connectivity index (χ3v) is 3.01. The van der Waals surface area contributed by atoms with E-state index in [4.69, 9.17) is 5.73 Å². The fraction of sp³-hybridized carbons (Fsp3) is 0.385. The number of nitrogens with zero attached hydrogens (tertiary/aromatic N) is 3. The summed E-state index contributed by atoms with van der Waals surface area (Å²) in [5, 5.41) is 7.58. The van der Waals surface area contributed by atoms with Crippen LogP contribution in [0.15, 0.2) is 24.4 Å². The second kappa shape index (κ2) is 5.80. The molecule has 0 aliphatic rings. The van der Waals surface area contributed by atoms with Crippen LogP contribution in [0.25, 0.3) is 5.69 Å². The third kappa shape index (κ3) is 3.38. The highest BCUT2D eigenvalue weighted by atomic mass is 19.4. The van der Waals surface area contributed by atoms with Crippen molar-refractivity contribution in [2.24, 2.45) is 5.73 Å². The Kier molecular flexibility index (Phi) is 4.26. The van der Waals surface area contributed by atoms with E-state index >= 15 is 0 Å². The molecule has 0 spiro atoms. The van der Waals surface area contributed by atoms with Crippen LogP contribution in [0.5, 0.6) is 0 Å². The van der Waals surface area contributed by atoms with Crippen LogP contribution in [0.3, 0.4) is 0 Å². The summed E-state index contributed by atoms with van der Waals surface area (Å²) in [6.07, 6.45) is -1.77. The lowest BCUT2D eigenvalue weighted by Gasteiger charge is -2.09. The predicted octanol–water partition coefficient (Wildman–Crippen LogP) is 3.23. The van der Waals surface area contributed by atoms with Gasteiger partial charge in [0.1, 0.15) is 5.82 Å². The maximum Gasteiger partial charge on any atom is 0.419 e. The summed E-state index contributed by atoms with van der Waals surface area (Å²) in [5.41, 5.74) is 5.08. The molecule has 2 N–H and O–H groups in total. The van der Waals surface area contributed by atoms with Crippen molar-refractivity contribution in [3.8, 4) is 5.69 Å². The van der Waals surface area contributed by atoms with Crippen molar-refractivity contribution >= 4 is 0 Å². The molecule has 2 rings (SSSR count). The first-order valence-corrected chi connectivity index (χ1v) is 6.38. The number of benzene rings is 1. The normalized spacial score (nSPS) is 13.4. The van der Waals surface area contributed by atoms with E-state index in [1.54, 1.807) is 0 Å². The summed E-state index contributed by atoms with van der Waals surface area (Å²) < 4.78 is 52.4. The van der Waals surface area contributed by atoms with Crippen molar-refractivity contribution in [1.82, 2.24) is 15.0 Å². The summed E-state index contributed by atoms with van der Waals surface area (Å²) in [4.78, 5) is 0. The van der Waals surface area contributed by atoms with Crippen LogP contribution in [-0.2, 0) is 6.18 Å². The molecular weight excluding hydrogens is 288 g/mol. The third-order valence-electron chi connectivity index (χ3n) is 3.01. The minimum atomic E-state index is -4.76. The van der Waals surface area contributed by atoms with Gasteiger partial charge in [-0.25, -0.2) is 9.07 Å². The molecule has 4 nitrogen and oxygen atoms in total. The Morgan fingerprint density at radius 3 is 2.67 bits per heavy atom. The van der Waals surface area contributed by atoms with Gasteiger partial charge < -0.3 is 5.73 Å². The molecule has 114 valence electrons. The summed E-state index contributed by atoms with van der Waals surface area (Å²) in [5.74, 6) is -1.32. The highest BCUT2D eigenvalue weighted by Gasteiger charge is 2.34. The molecule has 2 aromatic rings. The van der Waals surface area contributed by atoms with Gasteiger partial charge in [-0.15, -0.1) is 5.10 Å². The van der Waals surface area contributed by atoms with Crippen LogP contribution >= 0.6 is 0 Å². The molecule has 1 unspecified atom stereocenters. The van der Waals surface area contributed by atoms with Gasteiger partial charge in [0, 0.05) is 0 Å². The Labute approximate surface area is 118 Å². The second-order valence-corrected chi connectivity index (χ2v) is 4.65. The van der Waals surface area contributed by atoms with Gasteiger partial charge in [0.25, 0.3) is 0 Å². The van der Waals surface area contributed by atoms with E-state index in [1.165, 1.54) is 12.3 Å². The molecule has 0 amide bonds. The van der Waals surface area contributed by atoms with Gasteiger partial charge in [0.2, 0.25) is 0 Å². The van der Waals surface area contributed by atoms with E-state index in [-0.39, 0.29) is 11.7 Å². The molecule has 0 saturated heterocycles. The van der Waals surface area contributed by atoms with E-state index in [2.05, 4.69) is 10.3 Å². The predicted molar refractivity (Wildman–Crippen MR) is 68.2 cm³/mol. The first-order chi connectivity index (χ1) is 9.82. The molecule has 1 heterocycles. The lowest BCUT2D eigenvalue weighted by atomic mass is 10.1. The van der Waals surface area contributed by atoms with E-state index < -0.39 is 17.6 Å². The molecule has 1 aromatic carbocycles. The quantitative estimate of drug-likeness (QED) is 0.882. The highest BCUT2D eigenvalue weighted by molar-refractivity contribution is 5.37. The smallest absolute Gasteiger partial charge is 0.323 e. The molecule has 0 saturated carbocycles. The zero-order chi connectivity index (χ0) is 15.6. The molecule has 0 aliphatic carbocycles. The maximum absolute atomic E-state index is 13.2. The summed E-state index contributed by atoms with van der Waals surface area (Å²) in [7, 11) is 0. The lowest BCUT2D eigenvalue weighted by molar-refractivity contribution is -0.140. The lowest BCUT2D eigenvalue weighted by Crippen LogP contribution is -2.10. The van der Waals surface area contributed by atoms with Gasteiger partial charge in [-0.2, -0.15) is 13.2 Å². The van der Waals surface area contributed by atoms with Crippen molar-refractivity contribution < 1.29 is 17.6 Å². The number of alkyl halides is 3. The molecule has 0 radical (unpaired) electrons. The summed E-state index contributed by atoms with van der Waals surface area (Å²) in [6.45, 7) is 1.96. The number of hydrogen-bond acceptors (Lipinski definition) is 3. The summed E-state index contributed by atoms with van der Waals surface area (Å²) >= 11 is 0. The first-order valence-electron chi connectivity index (χ1n) is 6.38. The fourth-order valence-electron chi connectivity index (χ4n) is 1.90. The zero-order valence-corrected chi connectivity index (χ0v) is 11.2. The molecule has 1 aromatic heterocycles. The Hall–Kier alpha value is -1.96. The van der Waals surface area contributed by atoms with Gasteiger partial charge in [0.05, 0.1) is 29.2 Å². The van der Waals surface area contributed by atoms with Crippen LogP contribution in [0, 0.1) is 5.82 Å². The maximum atomic E-state index is 13.2. The Balaban J connectivity index is 2.35. The summed E-state index contributed by atoms with van der Waals surface area (Å²) in [6, 6.07) is 2.32. The van der Waals surface area contributed by atoms with Crippen molar-refractivity contribution in [1.29, 1.82) is 0 Å². The minimum absolute atomic E-state index is 0.0752. The van der Waals surface area contributed by atoms with E-state index in [1.807, 2.05) is 6.92 Å². The first kappa shape index (κ1) is 15.4. The SMILES string of the molecule is CCCC(N)c1cn(-c2ccc(F)c(C(F)(F)F)c2)nn1. The van der Waals surface area contributed by atoms with Gasteiger partial charge >= 0.3 is 6.18 Å². The van der Waals surface area contributed by atoms with Gasteiger partial charge in [0.15, 0.2) is 0 Å². The van der Waals surface area contributed by atoms with Crippen molar-refractivity contribution in [2.75, 3.05) is 0 Å². The highest BCUT2D eigenvalue weighted by Crippen LogP contribution is 2.32. The zero-order valence-electron chi connectivity index (χ0n) is 11.2. The topological polar surface area (TPSA) is 56.7 Å². The average molecular weight is 302 g/mol. The van der Waals surface area contributed by atoms with Crippen LogP contribution in [0.4, 0.5) is 17.6 Å². The molecule has 0 fully saturated rings.